The first-order chi connectivity index (χ1) is 12.6. The zero-order valence-corrected chi connectivity index (χ0v) is 16.0. The van der Waals surface area contributed by atoms with Crippen molar-refractivity contribution in [3.8, 4) is 0 Å². The number of carbonyl (C=O) groups excluding carboxylic acids is 1. The van der Waals surface area contributed by atoms with Crippen LogP contribution in [-0.2, 0) is 23.0 Å². The number of aromatic carboxylic acids is 1. The van der Waals surface area contributed by atoms with Crippen LogP contribution in [0.5, 0.6) is 0 Å². The lowest BCUT2D eigenvalue weighted by Gasteiger charge is -2.28. The van der Waals surface area contributed by atoms with Crippen LogP contribution >= 0.6 is 0 Å². The minimum absolute atomic E-state index is 0.0403. The van der Waals surface area contributed by atoms with E-state index in [2.05, 4.69) is 0 Å². The summed E-state index contributed by atoms with van der Waals surface area (Å²) in [6, 6.07) is 6.12. The summed E-state index contributed by atoms with van der Waals surface area (Å²) in [5, 5.41) is 9.14. The van der Waals surface area contributed by atoms with Crippen LogP contribution in [0.25, 0.3) is 0 Å². The summed E-state index contributed by atoms with van der Waals surface area (Å²) in [4.78, 5) is 25.4. The van der Waals surface area contributed by atoms with E-state index in [9.17, 15) is 18.0 Å². The van der Waals surface area contributed by atoms with E-state index in [1.54, 1.807) is 18.2 Å². The van der Waals surface area contributed by atoms with Gasteiger partial charge < -0.3 is 14.4 Å². The average Bonchev–Trinajstić information content (AvgIpc) is 3.02. The first kappa shape index (κ1) is 19.1. The van der Waals surface area contributed by atoms with E-state index < -0.39 is 21.9 Å². The number of fused-ring (bicyclic) bond motifs is 1. The first-order valence-corrected chi connectivity index (χ1v) is 9.72. The number of sulfonamides is 1. The molecular formula is C18H20N2O6S. The van der Waals surface area contributed by atoms with Crippen LogP contribution in [0.3, 0.4) is 0 Å². The van der Waals surface area contributed by atoms with Crippen molar-refractivity contribution in [3.05, 3.63) is 52.5 Å². The van der Waals surface area contributed by atoms with Gasteiger partial charge in [-0.15, -0.1) is 0 Å². The molecule has 1 aliphatic rings. The van der Waals surface area contributed by atoms with Crippen molar-refractivity contribution < 1.29 is 27.5 Å². The molecule has 0 fully saturated rings. The summed E-state index contributed by atoms with van der Waals surface area (Å²) in [6.07, 6.45) is 0.587. The van der Waals surface area contributed by atoms with Gasteiger partial charge in [0.25, 0.3) is 5.91 Å². The fourth-order valence-electron chi connectivity index (χ4n) is 3.04. The number of nitrogens with zero attached hydrogens (tertiary/aromatic N) is 2. The van der Waals surface area contributed by atoms with Gasteiger partial charge in [-0.3, -0.25) is 4.79 Å². The maximum absolute atomic E-state index is 12.8. The smallest absolute Gasteiger partial charge is 0.335 e. The molecule has 8 nitrogen and oxygen atoms in total. The van der Waals surface area contributed by atoms with Crippen molar-refractivity contribution in [2.45, 2.75) is 24.8 Å². The highest BCUT2D eigenvalue weighted by atomic mass is 32.2. The summed E-state index contributed by atoms with van der Waals surface area (Å²) in [7, 11) is -0.896. The molecule has 0 bridgehead atoms. The molecule has 0 saturated heterocycles. The van der Waals surface area contributed by atoms with Crippen molar-refractivity contribution in [1.29, 1.82) is 0 Å². The molecule has 3 rings (SSSR count). The molecule has 0 saturated carbocycles. The van der Waals surface area contributed by atoms with Gasteiger partial charge in [-0.05, 0) is 36.6 Å². The van der Waals surface area contributed by atoms with E-state index in [1.165, 1.54) is 32.0 Å². The topological polar surface area (TPSA) is 108 Å². The molecule has 0 spiro atoms. The second kappa shape index (κ2) is 6.82. The Kier molecular flexibility index (Phi) is 4.83. The summed E-state index contributed by atoms with van der Waals surface area (Å²) < 4.78 is 31.1. The number of aryl methyl sites for hydroxylation is 1. The van der Waals surface area contributed by atoms with Gasteiger partial charge in [0.2, 0.25) is 10.0 Å². The second-order valence-electron chi connectivity index (χ2n) is 6.58. The summed E-state index contributed by atoms with van der Waals surface area (Å²) in [5.41, 5.74) is 1.92. The third kappa shape index (κ3) is 3.47. The van der Waals surface area contributed by atoms with E-state index in [1.807, 2.05) is 0 Å². The molecule has 1 aliphatic heterocycles. The molecule has 0 atom stereocenters. The van der Waals surface area contributed by atoms with Gasteiger partial charge in [-0.1, -0.05) is 6.07 Å². The minimum atomic E-state index is -3.71. The Morgan fingerprint density at radius 1 is 1.19 bits per heavy atom. The van der Waals surface area contributed by atoms with Crippen LogP contribution < -0.4 is 0 Å². The number of hydrogen-bond donors (Lipinski definition) is 1. The summed E-state index contributed by atoms with van der Waals surface area (Å²) in [5.74, 6) is -1.35. The van der Waals surface area contributed by atoms with Crippen molar-refractivity contribution in [1.82, 2.24) is 9.21 Å². The molecule has 0 aliphatic carbocycles. The maximum atomic E-state index is 12.8. The fourth-order valence-corrected chi connectivity index (χ4v) is 4.10. The zero-order chi connectivity index (χ0) is 19.9. The van der Waals surface area contributed by atoms with Gasteiger partial charge in [-0.25, -0.2) is 17.5 Å². The predicted octanol–water partition coefficient (Wildman–Crippen LogP) is 1.74. The first-order valence-electron chi connectivity index (χ1n) is 8.28. The lowest BCUT2D eigenvalue weighted by Crippen LogP contribution is -2.35. The number of carboxylic acids is 1. The van der Waals surface area contributed by atoms with Crippen LogP contribution in [0, 0.1) is 6.92 Å². The van der Waals surface area contributed by atoms with Crippen molar-refractivity contribution in [2.24, 2.45) is 0 Å². The number of amides is 1. The van der Waals surface area contributed by atoms with Crippen LogP contribution in [-0.4, -0.2) is 55.2 Å². The van der Waals surface area contributed by atoms with Crippen molar-refractivity contribution >= 4 is 21.9 Å². The quantitative estimate of drug-likeness (QED) is 0.849. The fraction of sp³-hybridized carbons (Fsp3) is 0.333. The van der Waals surface area contributed by atoms with Crippen LogP contribution in [0.2, 0.25) is 0 Å². The number of benzene rings is 1. The van der Waals surface area contributed by atoms with Crippen LogP contribution in [0.4, 0.5) is 0 Å². The Morgan fingerprint density at radius 2 is 1.89 bits per heavy atom. The van der Waals surface area contributed by atoms with E-state index in [0.717, 1.165) is 15.4 Å². The van der Waals surface area contributed by atoms with Gasteiger partial charge in [0.15, 0.2) is 5.76 Å². The van der Waals surface area contributed by atoms with E-state index >= 15 is 0 Å². The van der Waals surface area contributed by atoms with Gasteiger partial charge in [0.05, 0.1) is 5.56 Å². The third-order valence-corrected chi connectivity index (χ3v) is 6.52. The number of carboxylic acid groups (broad SMARTS) is 1. The zero-order valence-electron chi connectivity index (χ0n) is 15.2. The minimum Gasteiger partial charge on any atom is -0.478 e. The van der Waals surface area contributed by atoms with Gasteiger partial charge in [0, 0.05) is 33.3 Å². The predicted molar refractivity (Wildman–Crippen MR) is 96.2 cm³/mol. The molecule has 0 unspecified atom stereocenters. The number of furan rings is 1. The summed E-state index contributed by atoms with van der Waals surface area (Å²) in [6.45, 7) is 2.18. The Morgan fingerprint density at radius 3 is 2.52 bits per heavy atom. The highest BCUT2D eigenvalue weighted by molar-refractivity contribution is 7.89. The molecule has 1 aromatic heterocycles. The van der Waals surface area contributed by atoms with Crippen molar-refractivity contribution in [3.63, 3.8) is 0 Å². The number of hydrogen-bond acceptors (Lipinski definition) is 5. The molecule has 2 aromatic rings. The Balaban J connectivity index is 1.88. The molecule has 2 heterocycles. The highest BCUT2D eigenvalue weighted by Crippen LogP contribution is 2.26. The molecule has 27 heavy (non-hydrogen) atoms. The third-order valence-electron chi connectivity index (χ3n) is 4.59. The molecule has 1 N–H and O–H groups in total. The molecule has 0 radical (unpaired) electrons. The van der Waals surface area contributed by atoms with E-state index in [4.69, 9.17) is 9.52 Å². The average molecular weight is 392 g/mol. The number of rotatable bonds is 4. The largest absolute Gasteiger partial charge is 0.478 e. The van der Waals surface area contributed by atoms with Gasteiger partial charge in [0.1, 0.15) is 10.7 Å². The summed E-state index contributed by atoms with van der Waals surface area (Å²) >= 11 is 0. The lowest BCUT2D eigenvalue weighted by molar-refractivity contribution is 0.0696. The van der Waals surface area contributed by atoms with E-state index in [0.29, 0.717) is 13.0 Å². The maximum Gasteiger partial charge on any atom is 0.335 e. The second-order valence-corrected chi connectivity index (χ2v) is 8.70. The Labute approximate surface area is 157 Å². The highest BCUT2D eigenvalue weighted by Gasteiger charge is 2.29. The standard InChI is InChI=1S/C18H20N2O6S/c1-11-16(27(24,25)19(2)3)9-15(26-11)17(21)20-7-6-12-4-5-13(18(22)23)8-14(12)10-20/h4-5,8-9H,6-7,10H2,1-3H3,(H,22,23). The number of carbonyl (C=O) groups is 2. The van der Waals surface area contributed by atoms with Crippen LogP contribution in [0.1, 0.15) is 37.8 Å². The Bertz CT molecular complexity index is 1020. The van der Waals surface area contributed by atoms with Crippen molar-refractivity contribution in [2.75, 3.05) is 20.6 Å². The molecule has 1 aromatic carbocycles. The molecular weight excluding hydrogens is 372 g/mol. The lowest BCUT2D eigenvalue weighted by atomic mass is 9.97. The van der Waals surface area contributed by atoms with Gasteiger partial charge in [-0.2, -0.15) is 0 Å². The molecule has 1 amide bonds. The van der Waals surface area contributed by atoms with E-state index in [-0.39, 0.29) is 28.5 Å². The Hall–Kier alpha value is -2.65. The normalized spacial score (nSPS) is 14.3. The van der Waals surface area contributed by atoms with Gasteiger partial charge >= 0.3 is 5.97 Å². The molecule has 9 heteroatoms. The van der Waals surface area contributed by atoms with Crippen LogP contribution in [0.15, 0.2) is 33.6 Å². The molecule has 144 valence electrons. The monoisotopic (exact) mass is 392 g/mol. The SMILES string of the molecule is Cc1oc(C(=O)N2CCc3ccc(C(=O)O)cc3C2)cc1S(=O)(=O)N(C)C.